The number of imide groups is 1. The summed E-state index contributed by atoms with van der Waals surface area (Å²) < 4.78 is 12.3. The number of nitrogens with zero attached hydrogens (tertiary/aromatic N) is 4. The van der Waals surface area contributed by atoms with Gasteiger partial charge < -0.3 is 9.64 Å². The number of rotatable bonds is 4. The lowest BCUT2D eigenvalue weighted by Crippen LogP contribution is -2.41. The molecule has 1 atom stereocenters. The minimum Gasteiger partial charge on any atom is -0.488 e. The van der Waals surface area contributed by atoms with Gasteiger partial charge in [0.25, 0.3) is 5.91 Å². The van der Waals surface area contributed by atoms with Gasteiger partial charge in [0.15, 0.2) is 0 Å². The van der Waals surface area contributed by atoms with Gasteiger partial charge in [0, 0.05) is 44.8 Å². The third kappa shape index (κ3) is 4.10. The molecule has 0 aliphatic carbocycles. The second-order valence-electron chi connectivity index (χ2n) is 8.61. The Balaban J connectivity index is 1.31. The van der Waals surface area contributed by atoms with Gasteiger partial charge in [0.05, 0.1) is 17.3 Å². The van der Waals surface area contributed by atoms with E-state index in [-0.39, 0.29) is 23.8 Å². The van der Waals surface area contributed by atoms with Gasteiger partial charge in [-0.25, -0.2) is 0 Å². The summed E-state index contributed by atoms with van der Waals surface area (Å²) in [5, 5.41) is 7.89. The number of benzene rings is 1. The van der Waals surface area contributed by atoms with Crippen LogP contribution in [0.2, 0.25) is 0 Å². The summed E-state index contributed by atoms with van der Waals surface area (Å²) in [6, 6.07) is 7.58. The Kier molecular flexibility index (Phi) is 5.61. The van der Waals surface area contributed by atoms with Crippen molar-refractivity contribution in [2.45, 2.75) is 44.6 Å². The first-order valence-corrected chi connectivity index (χ1v) is 11.9. The molecule has 2 aliphatic heterocycles. The predicted octanol–water partition coefficient (Wildman–Crippen LogP) is 2.54. The standard InChI is InChI=1S/C23H25N5O4S/c1-13-12-18(33-26-13)23(31)28-10-8-14(9-11-28)32-17-5-3-4-15-20(25-27(2)21(15)17)16-6-7-19(29)24-22(16)30/h3-5,12,14,16H,6-11H2,1-2H3,(H,24,29,30). The number of likely N-dealkylation sites (tertiary alicyclic amines) is 1. The highest BCUT2D eigenvalue weighted by Crippen LogP contribution is 2.35. The summed E-state index contributed by atoms with van der Waals surface area (Å²) in [7, 11) is 1.84. The summed E-state index contributed by atoms with van der Waals surface area (Å²) in [5.74, 6) is -0.251. The Morgan fingerprint density at radius 3 is 2.70 bits per heavy atom. The predicted molar refractivity (Wildman–Crippen MR) is 122 cm³/mol. The molecule has 1 unspecified atom stereocenters. The maximum Gasteiger partial charge on any atom is 0.265 e. The summed E-state index contributed by atoms with van der Waals surface area (Å²) in [6.07, 6.45) is 2.21. The Morgan fingerprint density at radius 1 is 1.21 bits per heavy atom. The number of carbonyl (C=O) groups is 3. The molecule has 4 heterocycles. The molecule has 0 saturated carbocycles. The molecule has 0 radical (unpaired) electrons. The second kappa shape index (κ2) is 8.58. The van der Waals surface area contributed by atoms with Crippen LogP contribution in [0.1, 0.15) is 52.7 Å². The summed E-state index contributed by atoms with van der Waals surface area (Å²) in [5.41, 5.74) is 2.36. The number of nitrogens with one attached hydrogen (secondary N) is 1. The summed E-state index contributed by atoms with van der Waals surface area (Å²) in [6.45, 7) is 3.14. The fourth-order valence-electron chi connectivity index (χ4n) is 4.61. The Hall–Kier alpha value is -3.27. The monoisotopic (exact) mass is 467 g/mol. The molecule has 172 valence electrons. The van der Waals surface area contributed by atoms with Gasteiger partial charge in [-0.05, 0) is 37.0 Å². The van der Waals surface area contributed by atoms with Crippen molar-refractivity contribution in [3.8, 4) is 5.75 Å². The molecule has 2 saturated heterocycles. The number of hydrogen-bond donors (Lipinski definition) is 1. The maximum absolute atomic E-state index is 12.7. The number of ether oxygens (including phenoxy) is 1. The van der Waals surface area contributed by atoms with E-state index in [4.69, 9.17) is 4.74 Å². The van der Waals surface area contributed by atoms with E-state index < -0.39 is 5.92 Å². The summed E-state index contributed by atoms with van der Waals surface area (Å²) in [4.78, 5) is 39.2. The van der Waals surface area contributed by atoms with Crippen molar-refractivity contribution in [3.63, 3.8) is 0 Å². The average Bonchev–Trinajstić information content (AvgIpc) is 3.38. The number of piperidine rings is 2. The Morgan fingerprint density at radius 2 is 2.00 bits per heavy atom. The highest BCUT2D eigenvalue weighted by molar-refractivity contribution is 7.08. The SMILES string of the molecule is Cc1cc(C(=O)N2CCC(Oc3cccc4c(C5CCC(=O)NC5=O)nn(C)c34)CC2)sn1. The third-order valence-electron chi connectivity index (χ3n) is 6.29. The zero-order valence-corrected chi connectivity index (χ0v) is 19.4. The third-order valence-corrected chi connectivity index (χ3v) is 7.16. The number of aromatic nitrogens is 3. The van der Waals surface area contributed by atoms with Crippen molar-refractivity contribution in [2.75, 3.05) is 13.1 Å². The van der Waals surface area contributed by atoms with Crippen LogP contribution in [0, 0.1) is 6.92 Å². The number of carbonyl (C=O) groups excluding carboxylic acids is 3. The van der Waals surface area contributed by atoms with Gasteiger partial charge in [0.1, 0.15) is 22.2 Å². The number of hydrogen-bond acceptors (Lipinski definition) is 7. The van der Waals surface area contributed by atoms with Gasteiger partial charge in [-0.2, -0.15) is 9.47 Å². The van der Waals surface area contributed by atoms with E-state index in [0.717, 1.165) is 29.4 Å². The van der Waals surface area contributed by atoms with Crippen LogP contribution in [-0.4, -0.2) is 56.0 Å². The van der Waals surface area contributed by atoms with Crippen LogP contribution in [0.5, 0.6) is 5.75 Å². The smallest absolute Gasteiger partial charge is 0.265 e. The van der Waals surface area contributed by atoms with Gasteiger partial charge in [-0.1, -0.05) is 12.1 Å². The van der Waals surface area contributed by atoms with Crippen molar-refractivity contribution < 1.29 is 19.1 Å². The van der Waals surface area contributed by atoms with Gasteiger partial charge in [-0.15, -0.1) is 0 Å². The van der Waals surface area contributed by atoms with Gasteiger partial charge >= 0.3 is 0 Å². The number of amides is 3. The minimum absolute atomic E-state index is 0.0169. The maximum atomic E-state index is 12.7. The zero-order valence-electron chi connectivity index (χ0n) is 18.5. The van der Waals surface area contributed by atoms with Crippen LogP contribution >= 0.6 is 11.5 Å². The zero-order chi connectivity index (χ0) is 23.1. The molecule has 1 N–H and O–H groups in total. The van der Waals surface area contributed by atoms with Crippen LogP contribution in [0.3, 0.4) is 0 Å². The number of fused-ring (bicyclic) bond motifs is 1. The lowest BCUT2D eigenvalue weighted by Gasteiger charge is -2.32. The van der Waals surface area contributed by atoms with Crippen LogP contribution in [0.25, 0.3) is 10.9 Å². The molecule has 9 nitrogen and oxygen atoms in total. The second-order valence-corrected chi connectivity index (χ2v) is 9.41. The van der Waals surface area contributed by atoms with E-state index in [1.165, 1.54) is 11.5 Å². The highest BCUT2D eigenvalue weighted by Gasteiger charge is 2.32. The molecule has 2 aromatic heterocycles. The molecule has 0 bridgehead atoms. The number of aryl methyl sites for hydroxylation is 2. The fraction of sp³-hybridized carbons (Fsp3) is 0.435. The van der Waals surface area contributed by atoms with E-state index in [1.54, 1.807) is 4.68 Å². The van der Waals surface area contributed by atoms with Crippen molar-refractivity contribution in [1.29, 1.82) is 0 Å². The molecule has 3 aromatic rings. The van der Waals surface area contributed by atoms with Crippen LogP contribution in [0.4, 0.5) is 0 Å². The Bertz CT molecular complexity index is 1240. The van der Waals surface area contributed by atoms with Crippen LogP contribution in [-0.2, 0) is 16.6 Å². The topological polar surface area (TPSA) is 106 Å². The lowest BCUT2D eigenvalue weighted by molar-refractivity contribution is -0.134. The molecule has 1 aromatic carbocycles. The van der Waals surface area contributed by atoms with Crippen LogP contribution < -0.4 is 10.1 Å². The molecule has 33 heavy (non-hydrogen) atoms. The van der Waals surface area contributed by atoms with Crippen molar-refractivity contribution in [2.24, 2.45) is 7.05 Å². The molecule has 2 fully saturated rings. The molecule has 3 amide bonds. The van der Waals surface area contributed by atoms with E-state index in [9.17, 15) is 14.4 Å². The van der Waals surface area contributed by atoms with E-state index in [0.29, 0.717) is 42.3 Å². The molecular weight excluding hydrogens is 442 g/mol. The quantitative estimate of drug-likeness (QED) is 0.591. The first-order valence-electron chi connectivity index (χ1n) is 11.1. The van der Waals surface area contributed by atoms with E-state index >= 15 is 0 Å². The highest BCUT2D eigenvalue weighted by atomic mass is 32.1. The van der Waals surface area contributed by atoms with Gasteiger partial charge in [0.2, 0.25) is 11.8 Å². The van der Waals surface area contributed by atoms with E-state index in [1.807, 2.05) is 43.1 Å². The summed E-state index contributed by atoms with van der Waals surface area (Å²) >= 11 is 1.24. The van der Waals surface area contributed by atoms with Crippen molar-refractivity contribution in [3.05, 3.63) is 40.5 Å². The van der Waals surface area contributed by atoms with Crippen molar-refractivity contribution in [1.82, 2.24) is 24.4 Å². The number of para-hydroxylation sites is 1. The first kappa shape index (κ1) is 21.6. The largest absolute Gasteiger partial charge is 0.488 e. The molecule has 0 spiro atoms. The van der Waals surface area contributed by atoms with Crippen LogP contribution in [0.15, 0.2) is 24.3 Å². The molecule has 5 rings (SSSR count). The lowest BCUT2D eigenvalue weighted by atomic mass is 9.93. The first-order chi connectivity index (χ1) is 15.9. The van der Waals surface area contributed by atoms with Gasteiger partial charge in [-0.3, -0.25) is 24.4 Å². The molecule has 10 heteroatoms. The normalized spacial score (nSPS) is 19.7. The fourth-order valence-corrected chi connectivity index (χ4v) is 5.34. The molecule has 2 aliphatic rings. The minimum atomic E-state index is -0.453. The Labute approximate surface area is 194 Å². The average molecular weight is 468 g/mol. The molecular formula is C23H25N5O4S. The van der Waals surface area contributed by atoms with E-state index in [2.05, 4.69) is 14.8 Å². The van der Waals surface area contributed by atoms with Crippen molar-refractivity contribution >= 4 is 40.2 Å².